The van der Waals surface area contributed by atoms with E-state index in [2.05, 4.69) is 30.4 Å². The lowest BCUT2D eigenvalue weighted by atomic mass is 9.98. The number of halogens is 6. The molecule has 16 nitrogen and oxygen atoms in total. The first kappa shape index (κ1) is 50.7. The van der Waals surface area contributed by atoms with Gasteiger partial charge in [-0.1, -0.05) is 0 Å². The number of nitrogens with one attached hydrogen (secondary N) is 2. The fourth-order valence-corrected chi connectivity index (χ4v) is 11.1. The van der Waals surface area contributed by atoms with Crippen LogP contribution in [0.3, 0.4) is 0 Å². The third kappa shape index (κ3) is 10.4. The predicted octanol–water partition coefficient (Wildman–Crippen LogP) is 6.83. The minimum atomic E-state index is -4.58. The molecule has 0 unspecified atom stereocenters. The van der Waals surface area contributed by atoms with Crippen molar-refractivity contribution in [1.29, 1.82) is 0 Å². The van der Waals surface area contributed by atoms with Crippen molar-refractivity contribution >= 4 is 78.7 Å². The number of aromatic nitrogens is 2. The van der Waals surface area contributed by atoms with E-state index >= 15 is 0 Å². The topological polar surface area (TPSA) is 156 Å². The highest BCUT2D eigenvalue weighted by atomic mass is 32.1. The molecule has 372 valence electrons. The average molecular weight is 999 g/mol. The molecule has 4 aromatic rings. The number of thiophene rings is 2. The number of rotatable bonds is 8. The number of amides is 4. The number of likely N-dealkylation sites (N-methyl/N-ethyl adjacent to an activating group) is 2. The molecule has 4 aromatic heterocycles. The van der Waals surface area contributed by atoms with E-state index in [1.165, 1.54) is 24.9 Å². The standard InChI is InChI=1S/2C22H28F3N5O3S/c2*1-12-16(28(3)4)10-30(12)21(32)33-13-5-7-29(8-6-13)17-9-15(22(23,24)25)19-18(27-17)14(11-34-19)20(31)26-2/h2*9,11-13,16H,5-8,10H2,1-4H3,(H,26,31)/t12-,16+;12-,16-/m00/s1. The number of nitrogens with zero attached hydrogens (tertiary/aromatic N) is 8. The van der Waals surface area contributed by atoms with Crippen LogP contribution in [0, 0.1) is 0 Å². The molecule has 8 rings (SSSR count). The van der Waals surface area contributed by atoms with Crippen molar-refractivity contribution < 1.29 is 55.0 Å². The number of carbonyl (C=O) groups excluding carboxylic acids is 4. The van der Waals surface area contributed by atoms with Crippen LogP contribution in [-0.4, -0.2) is 171 Å². The number of likely N-dealkylation sites (tertiary alicyclic amines) is 2. The Bertz CT molecular complexity index is 2330. The van der Waals surface area contributed by atoms with Crippen molar-refractivity contribution in [3.8, 4) is 0 Å². The maximum Gasteiger partial charge on any atom is 0.417 e. The van der Waals surface area contributed by atoms with Gasteiger partial charge in [0.05, 0.1) is 42.7 Å². The van der Waals surface area contributed by atoms with E-state index < -0.39 is 35.3 Å². The molecule has 2 N–H and O–H groups in total. The molecule has 4 fully saturated rings. The highest BCUT2D eigenvalue weighted by molar-refractivity contribution is 7.18. The Morgan fingerprint density at radius 2 is 0.971 bits per heavy atom. The molecular weight excluding hydrogens is 943 g/mol. The molecule has 0 radical (unpaired) electrons. The normalized spacial score (nSPS) is 21.6. The smallest absolute Gasteiger partial charge is 0.417 e. The van der Waals surface area contributed by atoms with E-state index in [4.69, 9.17) is 9.47 Å². The molecule has 4 amide bonds. The maximum atomic E-state index is 13.8. The van der Waals surface area contributed by atoms with Crippen LogP contribution < -0.4 is 20.4 Å². The lowest BCUT2D eigenvalue weighted by molar-refractivity contribution is -0.137. The Morgan fingerprint density at radius 3 is 1.25 bits per heavy atom. The Morgan fingerprint density at radius 1 is 0.632 bits per heavy atom. The van der Waals surface area contributed by atoms with E-state index in [-0.39, 0.29) is 79.7 Å². The van der Waals surface area contributed by atoms with Gasteiger partial charge in [-0.2, -0.15) is 26.3 Å². The summed E-state index contributed by atoms with van der Waals surface area (Å²) in [5.41, 5.74) is -1.27. The summed E-state index contributed by atoms with van der Waals surface area (Å²) in [5, 5.41) is 7.70. The lowest BCUT2D eigenvalue weighted by Gasteiger charge is -2.48. The summed E-state index contributed by atoms with van der Waals surface area (Å²) in [4.78, 5) is 69.3. The molecule has 68 heavy (non-hydrogen) atoms. The lowest BCUT2D eigenvalue weighted by Crippen LogP contribution is -2.65. The molecule has 4 atom stereocenters. The second-order valence-corrected chi connectivity index (χ2v) is 19.6. The van der Waals surface area contributed by atoms with Gasteiger partial charge < -0.3 is 49.5 Å². The number of carbonyl (C=O) groups is 4. The van der Waals surface area contributed by atoms with Gasteiger partial charge in [-0.05, 0) is 54.2 Å². The number of pyridine rings is 2. The van der Waals surface area contributed by atoms with Crippen molar-refractivity contribution in [1.82, 2.24) is 40.2 Å². The van der Waals surface area contributed by atoms with Gasteiger partial charge in [0, 0.05) is 114 Å². The summed E-state index contributed by atoms with van der Waals surface area (Å²) in [6, 6.07) is 2.83. The van der Waals surface area contributed by atoms with Crippen LogP contribution in [0.25, 0.3) is 20.4 Å². The monoisotopic (exact) mass is 998 g/mol. The second kappa shape index (κ2) is 20.0. The molecule has 0 spiro atoms. The van der Waals surface area contributed by atoms with Crippen molar-refractivity contribution in [2.45, 2.75) is 88.3 Å². The van der Waals surface area contributed by atoms with Gasteiger partial charge in [-0.25, -0.2) is 19.6 Å². The Kier molecular flexibility index (Phi) is 14.9. The van der Waals surface area contributed by atoms with Gasteiger partial charge in [0.2, 0.25) is 0 Å². The summed E-state index contributed by atoms with van der Waals surface area (Å²) in [7, 11) is 10.7. The minimum Gasteiger partial charge on any atom is -0.446 e. The summed E-state index contributed by atoms with van der Waals surface area (Å²) in [5.74, 6) is -0.630. The van der Waals surface area contributed by atoms with Crippen LogP contribution in [0.15, 0.2) is 22.9 Å². The molecule has 0 saturated carbocycles. The SMILES string of the molecule is CNC(=O)c1csc2c(C(F)(F)F)cc(N3CCC(OC(=O)N4C[C@@H](N(C)C)[C@@H]4C)CC3)nc12.CNC(=O)c1csc2c(C(F)(F)F)cc(N3CCC(OC(=O)N4C[C@H](N(C)C)[C@@H]4C)CC3)nc12. The fourth-order valence-electron chi connectivity index (χ4n) is 9.00. The molecule has 8 heterocycles. The van der Waals surface area contributed by atoms with Crippen LogP contribution in [0.5, 0.6) is 0 Å². The number of piperidine rings is 2. The van der Waals surface area contributed by atoms with Crippen LogP contribution >= 0.6 is 22.7 Å². The number of hydrogen-bond donors (Lipinski definition) is 2. The predicted molar refractivity (Wildman–Crippen MR) is 247 cm³/mol. The summed E-state index contributed by atoms with van der Waals surface area (Å²) in [6.07, 6.45) is -8.52. The Labute approximate surface area is 397 Å². The Balaban J connectivity index is 0.000000201. The first-order valence-electron chi connectivity index (χ1n) is 22.2. The molecule has 0 aromatic carbocycles. The molecule has 0 aliphatic carbocycles. The highest BCUT2D eigenvalue weighted by Gasteiger charge is 2.44. The first-order chi connectivity index (χ1) is 32.0. The summed E-state index contributed by atoms with van der Waals surface area (Å²) >= 11 is 1.72. The van der Waals surface area contributed by atoms with Crippen molar-refractivity contribution in [3.05, 3.63) is 45.1 Å². The van der Waals surface area contributed by atoms with Gasteiger partial charge in [0.1, 0.15) is 23.8 Å². The summed E-state index contributed by atoms with van der Waals surface area (Å²) < 4.78 is 93.9. The maximum absolute atomic E-state index is 13.8. The van der Waals surface area contributed by atoms with E-state index in [0.29, 0.717) is 77.0 Å². The second-order valence-electron chi connectivity index (χ2n) is 17.9. The van der Waals surface area contributed by atoms with Crippen molar-refractivity contribution in [3.63, 3.8) is 0 Å². The molecule has 0 bridgehead atoms. The average Bonchev–Trinajstić information content (AvgIpc) is 3.91. The fraction of sp³-hybridized carbons (Fsp3) is 0.591. The summed E-state index contributed by atoms with van der Waals surface area (Å²) in [6.45, 7) is 6.76. The highest BCUT2D eigenvalue weighted by Crippen LogP contribution is 2.42. The zero-order valence-corrected chi connectivity index (χ0v) is 40.6. The van der Waals surface area contributed by atoms with Crippen LogP contribution in [-0.2, 0) is 21.8 Å². The van der Waals surface area contributed by atoms with Crippen molar-refractivity contribution in [2.24, 2.45) is 0 Å². The van der Waals surface area contributed by atoms with E-state index in [1.807, 2.05) is 42.0 Å². The third-order valence-electron chi connectivity index (χ3n) is 13.3. The van der Waals surface area contributed by atoms with Gasteiger partial charge in [0.25, 0.3) is 11.8 Å². The quantitative estimate of drug-likeness (QED) is 0.178. The van der Waals surface area contributed by atoms with Gasteiger partial charge in [-0.15, -0.1) is 22.7 Å². The third-order valence-corrected chi connectivity index (χ3v) is 15.3. The van der Waals surface area contributed by atoms with E-state index in [1.54, 1.807) is 19.6 Å². The molecule has 4 saturated heterocycles. The van der Waals surface area contributed by atoms with E-state index in [0.717, 1.165) is 34.8 Å². The zero-order chi connectivity index (χ0) is 49.6. The minimum absolute atomic E-state index is 0.0462. The van der Waals surface area contributed by atoms with Gasteiger partial charge in [0.15, 0.2) is 0 Å². The number of fused-ring (bicyclic) bond motifs is 2. The van der Waals surface area contributed by atoms with Gasteiger partial charge in [-0.3, -0.25) is 9.59 Å². The van der Waals surface area contributed by atoms with E-state index in [9.17, 15) is 45.5 Å². The van der Waals surface area contributed by atoms with Crippen LogP contribution in [0.2, 0.25) is 0 Å². The number of hydrogen-bond acceptors (Lipinski definition) is 14. The molecule has 4 aliphatic heterocycles. The Hall–Kier alpha value is -5.20. The zero-order valence-electron chi connectivity index (χ0n) is 39.0. The first-order valence-corrected chi connectivity index (χ1v) is 24.0. The number of ether oxygens (including phenoxy) is 2. The number of alkyl halides is 6. The molecule has 4 aliphatic rings. The van der Waals surface area contributed by atoms with Crippen LogP contribution in [0.1, 0.15) is 71.4 Å². The molecule has 24 heteroatoms. The largest absolute Gasteiger partial charge is 0.446 e. The van der Waals surface area contributed by atoms with Crippen LogP contribution in [0.4, 0.5) is 47.6 Å². The van der Waals surface area contributed by atoms with Crippen molar-refractivity contribution in [2.75, 3.05) is 91.4 Å². The number of anilines is 2. The molecular formula is C44H56F6N10O6S2. The van der Waals surface area contributed by atoms with Gasteiger partial charge >= 0.3 is 24.5 Å².